The molecular weight excluding hydrogens is 386 g/mol. The number of ether oxygens (including phenoxy) is 3. The molecule has 0 aromatic heterocycles. The van der Waals surface area contributed by atoms with Crippen LogP contribution >= 0.6 is 0 Å². The number of carbonyl (C=O) groups is 2. The Bertz CT molecular complexity index is 894. The van der Waals surface area contributed by atoms with Crippen molar-refractivity contribution < 1.29 is 23.8 Å². The van der Waals surface area contributed by atoms with Crippen LogP contribution in [0.5, 0.6) is 17.2 Å². The maximum Gasteiger partial charge on any atom is 0.267 e. The fraction of sp³-hybridized carbons (Fsp3) is 0.364. The first-order chi connectivity index (χ1) is 14.6. The summed E-state index contributed by atoms with van der Waals surface area (Å²) in [5, 5.41) is 2.88. The fourth-order valence-corrected chi connectivity index (χ4v) is 3.55. The van der Waals surface area contributed by atoms with Gasteiger partial charge in [-0.3, -0.25) is 14.5 Å². The van der Waals surface area contributed by atoms with E-state index in [0.29, 0.717) is 37.7 Å². The standard InChI is InChI=1S/C22H25N3O5/c1-28-17-8-6-16(7-9-17)23-21(26)14-24-10-12-25(13-11-24)22(27)20-15-29-18-4-2-3-5-19(18)30-20/h2-9,20H,10-15H2,1H3,(H,23,26)/t20-/m0/s1. The quantitative estimate of drug-likeness (QED) is 0.806. The van der Waals surface area contributed by atoms with Crippen LogP contribution in [0.25, 0.3) is 0 Å². The molecule has 2 aromatic carbocycles. The SMILES string of the molecule is COc1ccc(NC(=O)CN2CCN(C(=O)[C@@H]3COc4ccccc4O3)CC2)cc1. The lowest BCUT2D eigenvalue weighted by atomic mass is 10.2. The summed E-state index contributed by atoms with van der Waals surface area (Å²) in [6.07, 6.45) is -0.634. The van der Waals surface area contributed by atoms with Gasteiger partial charge >= 0.3 is 0 Å². The minimum absolute atomic E-state index is 0.0770. The van der Waals surface area contributed by atoms with Crippen molar-refractivity contribution in [2.75, 3.05) is 51.8 Å². The topological polar surface area (TPSA) is 80.3 Å². The third kappa shape index (κ3) is 4.65. The number of carbonyl (C=O) groups excluding carboxylic acids is 2. The van der Waals surface area contributed by atoms with Gasteiger partial charge in [-0.1, -0.05) is 12.1 Å². The number of benzene rings is 2. The second-order valence-electron chi connectivity index (χ2n) is 7.24. The van der Waals surface area contributed by atoms with Gasteiger partial charge < -0.3 is 24.4 Å². The van der Waals surface area contributed by atoms with E-state index >= 15 is 0 Å². The summed E-state index contributed by atoms with van der Waals surface area (Å²) in [5.74, 6) is 1.84. The smallest absolute Gasteiger partial charge is 0.267 e. The van der Waals surface area contributed by atoms with Crippen molar-refractivity contribution in [1.82, 2.24) is 9.80 Å². The molecule has 30 heavy (non-hydrogen) atoms. The maximum atomic E-state index is 12.8. The Morgan fingerprint density at radius 3 is 2.43 bits per heavy atom. The van der Waals surface area contributed by atoms with E-state index in [4.69, 9.17) is 14.2 Å². The summed E-state index contributed by atoms with van der Waals surface area (Å²) in [6.45, 7) is 2.86. The third-order valence-corrected chi connectivity index (χ3v) is 5.21. The molecule has 0 unspecified atom stereocenters. The van der Waals surface area contributed by atoms with E-state index in [-0.39, 0.29) is 25.0 Å². The Morgan fingerprint density at radius 1 is 1.03 bits per heavy atom. The van der Waals surface area contributed by atoms with Crippen LogP contribution in [0.2, 0.25) is 0 Å². The highest BCUT2D eigenvalue weighted by molar-refractivity contribution is 5.92. The Morgan fingerprint density at radius 2 is 1.73 bits per heavy atom. The van der Waals surface area contributed by atoms with Crippen LogP contribution in [0, 0.1) is 0 Å². The monoisotopic (exact) mass is 411 g/mol. The van der Waals surface area contributed by atoms with Crippen molar-refractivity contribution in [3.8, 4) is 17.2 Å². The summed E-state index contributed by atoms with van der Waals surface area (Å²) in [7, 11) is 1.60. The number of nitrogens with zero attached hydrogens (tertiary/aromatic N) is 2. The molecular formula is C22H25N3O5. The van der Waals surface area contributed by atoms with Crippen LogP contribution in [-0.4, -0.2) is 74.2 Å². The van der Waals surface area contributed by atoms with Gasteiger partial charge in [0.2, 0.25) is 12.0 Å². The minimum atomic E-state index is -0.634. The van der Waals surface area contributed by atoms with E-state index in [0.717, 1.165) is 11.4 Å². The van der Waals surface area contributed by atoms with Crippen LogP contribution in [0.4, 0.5) is 5.69 Å². The number of hydrogen-bond acceptors (Lipinski definition) is 6. The Balaban J connectivity index is 1.23. The number of anilines is 1. The molecule has 2 aliphatic heterocycles. The van der Waals surface area contributed by atoms with E-state index < -0.39 is 6.10 Å². The summed E-state index contributed by atoms with van der Waals surface area (Å²) < 4.78 is 16.6. The molecule has 2 aromatic rings. The first kappa shape index (κ1) is 20.0. The minimum Gasteiger partial charge on any atom is -0.497 e. The first-order valence-corrected chi connectivity index (χ1v) is 9.96. The average Bonchev–Trinajstić information content (AvgIpc) is 2.79. The Labute approximate surface area is 175 Å². The Hall–Kier alpha value is -3.26. The number of para-hydroxylation sites is 2. The molecule has 1 fully saturated rings. The zero-order chi connectivity index (χ0) is 20.9. The highest BCUT2D eigenvalue weighted by atomic mass is 16.6. The number of rotatable bonds is 5. The zero-order valence-corrected chi connectivity index (χ0v) is 16.9. The average molecular weight is 411 g/mol. The number of methoxy groups -OCH3 is 1. The van der Waals surface area contributed by atoms with Crippen molar-refractivity contribution in [1.29, 1.82) is 0 Å². The van der Waals surface area contributed by atoms with Gasteiger partial charge in [0.15, 0.2) is 11.5 Å². The molecule has 2 aliphatic rings. The third-order valence-electron chi connectivity index (χ3n) is 5.21. The van der Waals surface area contributed by atoms with Gasteiger partial charge in [0.1, 0.15) is 12.4 Å². The largest absolute Gasteiger partial charge is 0.497 e. The van der Waals surface area contributed by atoms with E-state index in [1.54, 1.807) is 42.3 Å². The predicted octanol–water partition coefficient (Wildman–Crippen LogP) is 1.62. The molecule has 1 atom stereocenters. The molecule has 0 radical (unpaired) electrons. The summed E-state index contributed by atoms with van der Waals surface area (Å²) in [6, 6.07) is 14.6. The van der Waals surface area contributed by atoms with Crippen molar-refractivity contribution in [3.63, 3.8) is 0 Å². The van der Waals surface area contributed by atoms with Gasteiger partial charge in [0.05, 0.1) is 13.7 Å². The second kappa shape index (κ2) is 9.04. The molecule has 0 bridgehead atoms. The lowest BCUT2D eigenvalue weighted by molar-refractivity contribution is -0.143. The van der Waals surface area contributed by atoms with Crippen molar-refractivity contribution in [3.05, 3.63) is 48.5 Å². The first-order valence-electron chi connectivity index (χ1n) is 9.96. The summed E-state index contributed by atoms with van der Waals surface area (Å²) in [5.41, 5.74) is 0.726. The lowest BCUT2D eigenvalue weighted by Crippen LogP contribution is -2.54. The normalized spacial score (nSPS) is 18.6. The van der Waals surface area contributed by atoms with E-state index in [1.165, 1.54) is 0 Å². The molecule has 0 spiro atoms. The van der Waals surface area contributed by atoms with E-state index in [9.17, 15) is 9.59 Å². The number of hydrogen-bond donors (Lipinski definition) is 1. The van der Waals surface area contributed by atoms with Gasteiger partial charge in [-0.05, 0) is 36.4 Å². The van der Waals surface area contributed by atoms with Gasteiger partial charge in [-0.2, -0.15) is 0 Å². The Kier molecular flexibility index (Phi) is 6.04. The highest BCUT2D eigenvalue weighted by Gasteiger charge is 2.32. The maximum absolute atomic E-state index is 12.8. The predicted molar refractivity (Wildman–Crippen MR) is 111 cm³/mol. The lowest BCUT2D eigenvalue weighted by Gasteiger charge is -2.36. The molecule has 158 valence electrons. The van der Waals surface area contributed by atoms with Crippen LogP contribution in [0.15, 0.2) is 48.5 Å². The number of piperazine rings is 1. The number of amides is 2. The number of nitrogens with one attached hydrogen (secondary N) is 1. The molecule has 2 heterocycles. The van der Waals surface area contributed by atoms with Gasteiger partial charge in [0, 0.05) is 31.9 Å². The summed E-state index contributed by atoms with van der Waals surface area (Å²) >= 11 is 0. The zero-order valence-electron chi connectivity index (χ0n) is 16.9. The van der Waals surface area contributed by atoms with E-state index in [1.807, 2.05) is 23.1 Å². The van der Waals surface area contributed by atoms with Crippen LogP contribution < -0.4 is 19.5 Å². The second-order valence-corrected chi connectivity index (χ2v) is 7.24. The molecule has 0 saturated carbocycles. The molecule has 1 saturated heterocycles. The van der Waals surface area contributed by atoms with Crippen LogP contribution in [0.1, 0.15) is 0 Å². The number of fused-ring (bicyclic) bond motifs is 1. The molecule has 0 aliphatic carbocycles. The fourth-order valence-electron chi connectivity index (χ4n) is 3.55. The summed E-state index contributed by atoms with van der Waals surface area (Å²) in [4.78, 5) is 28.9. The molecule has 4 rings (SSSR count). The highest BCUT2D eigenvalue weighted by Crippen LogP contribution is 2.31. The van der Waals surface area contributed by atoms with Gasteiger partial charge in [-0.15, -0.1) is 0 Å². The van der Waals surface area contributed by atoms with Gasteiger partial charge in [0.25, 0.3) is 5.91 Å². The molecule has 8 heteroatoms. The van der Waals surface area contributed by atoms with Crippen LogP contribution in [0.3, 0.4) is 0 Å². The molecule has 2 amide bonds. The van der Waals surface area contributed by atoms with Crippen molar-refractivity contribution in [2.24, 2.45) is 0 Å². The van der Waals surface area contributed by atoms with Crippen LogP contribution in [-0.2, 0) is 9.59 Å². The van der Waals surface area contributed by atoms with Gasteiger partial charge in [-0.25, -0.2) is 0 Å². The molecule has 1 N–H and O–H groups in total. The molecule has 8 nitrogen and oxygen atoms in total. The van der Waals surface area contributed by atoms with Crippen molar-refractivity contribution >= 4 is 17.5 Å². The van der Waals surface area contributed by atoms with Crippen molar-refractivity contribution in [2.45, 2.75) is 6.10 Å². The van der Waals surface area contributed by atoms with E-state index in [2.05, 4.69) is 5.32 Å².